The molecule has 2 radical (unpaired) electrons. The van der Waals surface area contributed by atoms with Crippen LogP contribution in [-0.2, 0) is 0 Å². The summed E-state index contributed by atoms with van der Waals surface area (Å²) in [6.45, 7) is 9.34. The van der Waals surface area contributed by atoms with Gasteiger partial charge in [-0.3, -0.25) is 0 Å². The Hall–Kier alpha value is -0.440. The molecule has 0 saturated carbocycles. The van der Waals surface area contributed by atoms with Crippen LogP contribution >= 0.6 is 0 Å². The SMILES string of the molecule is [CH2]CCC([CH2])C#CC. The first-order chi connectivity index (χ1) is 3.81. The summed E-state index contributed by atoms with van der Waals surface area (Å²) >= 11 is 0. The van der Waals surface area contributed by atoms with E-state index >= 15 is 0 Å². The summed E-state index contributed by atoms with van der Waals surface area (Å²) in [6.07, 6.45) is 1.95. The van der Waals surface area contributed by atoms with Crippen LogP contribution < -0.4 is 0 Å². The third-order valence-corrected chi connectivity index (χ3v) is 0.901. The molecule has 0 aromatic rings. The molecule has 0 rings (SSSR count). The van der Waals surface area contributed by atoms with Gasteiger partial charge in [-0.05, 0) is 20.3 Å². The molecule has 0 bridgehead atoms. The summed E-state index contributed by atoms with van der Waals surface area (Å²) < 4.78 is 0. The maximum absolute atomic E-state index is 3.80. The van der Waals surface area contributed by atoms with Crippen molar-refractivity contribution in [2.75, 3.05) is 0 Å². The zero-order valence-corrected chi connectivity index (χ0v) is 5.41. The Kier molecular flexibility index (Phi) is 4.45. The first-order valence-electron chi connectivity index (χ1n) is 2.86. The number of rotatable bonds is 2. The predicted molar refractivity (Wildman–Crippen MR) is 36.9 cm³/mol. The average Bonchev–Trinajstić information content (AvgIpc) is 1.68. The highest BCUT2D eigenvalue weighted by atomic mass is 13.9. The summed E-state index contributed by atoms with van der Waals surface area (Å²) in [5.41, 5.74) is 0. The van der Waals surface area contributed by atoms with E-state index in [1.54, 1.807) is 0 Å². The molecule has 1 atom stereocenters. The van der Waals surface area contributed by atoms with Crippen molar-refractivity contribution in [3.8, 4) is 11.8 Å². The van der Waals surface area contributed by atoms with Crippen molar-refractivity contribution < 1.29 is 0 Å². The lowest BCUT2D eigenvalue weighted by molar-refractivity contribution is 0.738. The standard InChI is InChI=1S/C8H12/c1-4-6-8(3)7-5-2/h8H,1,3-4,6H2,2H3. The highest BCUT2D eigenvalue weighted by Gasteiger charge is 1.90. The fraction of sp³-hybridized carbons (Fsp3) is 0.500. The molecule has 0 amide bonds. The third kappa shape index (κ3) is 3.74. The first-order valence-corrected chi connectivity index (χ1v) is 2.86. The van der Waals surface area contributed by atoms with E-state index in [1.807, 2.05) is 6.92 Å². The van der Waals surface area contributed by atoms with E-state index in [1.165, 1.54) is 0 Å². The molecule has 0 heteroatoms. The van der Waals surface area contributed by atoms with Crippen molar-refractivity contribution in [3.63, 3.8) is 0 Å². The molecule has 0 saturated heterocycles. The van der Waals surface area contributed by atoms with E-state index in [0.717, 1.165) is 12.8 Å². The van der Waals surface area contributed by atoms with E-state index in [0.29, 0.717) is 0 Å². The highest BCUT2D eigenvalue weighted by molar-refractivity contribution is 5.01. The van der Waals surface area contributed by atoms with Crippen LogP contribution in [0.1, 0.15) is 19.8 Å². The first kappa shape index (κ1) is 7.56. The molecule has 0 nitrogen and oxygen atoms in total. The third-order valence-electron chi connectivity index (χ3n) is 0.901. The van der Waals surface area contributed by atoms with Crippen molar-refractivity contribution in [1.29, 1.82) is 0 Å². The summed E-state index contributed by atoms with van der Waals surface area (Å²) in [5, 5.41) is 0. The highest BCUT2D eigenvalue weighted by Crippen LogP contribution is 2.00. The fourth-order valence-electron chi connectivity index (χ4n) is 0.523. The molecule has 0 spiro atoms. The molecule has 0 N–H and O–H groups in total. The number of hydrogen-bond donors (Lipinski definition) is 0. The molecule has 0 aliphatic rings. The van der Waals surface area contributed by atoms with Crippen LogP contribution in [0.25, 0.3) is 0 Å². The summed E-state index contributed by atoms with van der Waals surface area (Å²) in [7, 11) is 0. The Morgan fingerprint density at radius 2 is 2.25 bits per heavy atom. The largest absolute Gasteiger partial charge is 0.106 e. The molecular formula is C8H12. The molecule has 44 valence electrons. The lowest BCUT2D eigenvalue weighted by atomic mass is 10.1. The van der Waals surface area contributed by atoms with E-state index in [9.17, 15) is 0 Å². The van der Waals surface area contributed by atoms with Crippen molar-refractivity contribution in [1.82, 2.24) is 0 Å². The summed E-state index contributed by atoms with van der Waals surface area (Å²) in [4.78, 5) is 0. The van der Waals surface area contributed by atoms with Crippen molar-refractivity contribution in [3.05, 3.63) is 13.8 Å². The molecule has 0 aliphatic carbocycles. The maximum atomic E-state index is 3.80. The van der Waals surface area contributed by atoms with Crippen LogP contribution in [0.5, 0.6) is 0 Å². The van der Waals surface area contributed by atoms with Gasteiger partial charge in [-0.25, -0.2) is 0 Å². The lowest BCUT2D eigenvalue weighted by Gasteiger charge is -1.96. The molecule has 0 aromatic heterocycles. The smallest absolute Gasteiger partial charge is 0.0203 e. The molecule has 0 aromatic carbocycles. The molecular weight excluding hydrogens is 96.1 g/mol. The molecule has 1 unspecified atom stereocenters. The van der Waals surface area contributed by atoms with Gasteiger partial charge in [-0.2, -0.15) is 0 Å². The summed E-state index contributed by atoms with van der Waals surface area (Å²) in [6, 6.07) is 0. The topological polar surface area (TPSA) is 0 Å². The number of hydrogen-bond acceptors (Lipinski definition) is 0. The minimum absolute atomic E-state index is 0.289. The van der Waals surface area contributed by atoms with Gasteiger partial charge in [0.1, 0.15) is 0 Å². The molecule has 8 heavy (non-hydrogen) atoms. The predicted octanol–water partition coefficient (Wildman–Crippen LogP) is 2.07. The van der Waals surface area contributed by atoms with Gasteiger partial charge in [-0.15, -0.1) is 11.8 Å². The monoisotopic (exact) mass is 108 g/mol. The van der Waals surface area contributed by atoms with Crippen LogP contribution in [0.2, 0.25) is 0 Å². The Labute approximate surface area is 52.3 Å². The van der Waals surface area contributed by atoms with Crippen LogP contribution in [-0.4, -0.2) is 0 Å². The van der Waals surface area contributed by atoms with Crippen molar-refractivity contribution in [2.24, 2.45) is 5.92 Å². The van der Waals surface area contributed by atoms with Crippen LogP contribution in [0, 0.1) is 31.6 Å². The van der Waals surface area contributed by atoms with Gasteiger partial charge in [0.05, 0.1) is 0 Å². The van der Waals surface area contributed by atoms with Gasteiger partial charge >= 0.3 is 0 Å². The van der Waals surface area contributed by atoms with Crippen molar-refractivity contribution in [2.45, 2.75) is 19.8 Å². The Balaban J connectivity index is 3.27. The Morgan fingerprint density at radius 1 is 1.62 bits per heavy atom. The van der Waals surface area contributed by atoms with Gasteiger partial charge < -0.3 is 0 Å². The zero-order chi connectivity index (χ0) is 6.41. The minimum atomic E-state index is 0.289. The van der Waals surface area contributed by atoms with Gasteiger partial charge in [-0.1, -0.05) is 13.3 Å². The quantitative estimate of drug-likeness (QED) is 0.475. The maximum Gasteiger partial charge on any atom is 0.0203 e. The Morgan fingerprint density at radius 3 is 2.62 bits per heavy atom. The lowest BCUT2D eigenvalue weighted by Crippen LogP contribution is -1.87. The van der Waals surface area contributed by atoms with Crippen LogP contribution in [0.3, 0.4) is 0 Å². The zero-order valence-electron chi connectivity index (χ0n) is 5.41. The van der Waals surface area contributed by atoms with Crippen LogP contribution in [0.15, 0.2) is 0 Å². The fourth-order valence-corrected chi connectivity index (χ4v) is 0.523. The minimum Gasteiger partial charge on any atom is -0.106 e. The van der Waals surface area contributed by atoms with Crippen LogP contribution in [0.4, 0.5) is 0 Å². The van der Waals surface area contributed by atoms with Gasteiger partial charge in [0.25, 0.3) is 0 Å². The Bertz CT molecular complexity index is 92.3. The summed E-state index contributed by atoms with van der Waals surface area (Å²) in [5.74, 6) is 6.05. The second-order valence-electron chi connectivity index (χ2n) is 1.73. The van der Waals surface area contributed by atoms with Gasteiger partial charge in [0, 0.05) is 5.92 Å². The van der Waals surface area contributed by atoms with E-state index in [2.05, 4.69) is 25.7 Å². The van der Waals surface area contributed by atoms with Gasteiger partial charge in [0.15, 0.2) is 0 Å². The average molecular weight is 108 g/mol. The van der Waals surface area contributed by atoms with E-state index in [4.69, 9.17) is 0 Å². The molecule has 0 heterocycles. The molecule has 0 fully saturated rings. The van der Waals surface area contributed by atoms with E-state index < -0.39 is 0 Å². The van der Waals surface area contributed by atoms with Gasteiger partial charge in [0.2, 0.25) is 0 Å². The second kappa shape index (κ2) is 4.71. The second-order valence-corrected chi connectivity index (χ2v) is 1.73. The normalized spacial score (nSPS) is 11.9. The van der Waals surface area contributed by atoms with Crippen molar-refractivity contribution >= 4 is 0 Å². The molecule has 0 aliphatic heterocycles. The van der Waals surface area contributed by atoms with E-state index in [-0.39, 0.29) is 5.92 Å².